The number of benzene rings is 1. The number of halogens is 2. The Morgan fingerprint density at radius 2 is 1.91 bits per heavy atom. The molecule has 1 aromatic carbocycles. The molecule has 0 saturated heterocycles. The number of hydrogen-bond donors (Lipinski definition) is 4. The molecule has 1 fully saturated rings. The summed E-state index contributed by atoms with van der Waals surface area (Å²) in [7, 11) is 1.31. The minimum atomic E-state index is -0.832. The number of carbonyl (C=O) groups excluding carboxylic acids is 2. The van der Waals surface area contributed by atoms with E-state index >= 15 is 0 Å². The van der Waals surface area contributed by atoms with Crippen molar-refractivity contribution in [3.05, 3.63) is 53.7 Å². The lowest BCUT2D eigenvalue weighted by Gasteiger charge is -2.20. The summed E-state index contributed by atoms with van der Waals surface area (Å²) < 4.78 is 4.92. The third kappa shape index (κ3) is 6.52. The fourth-order valence-electron chi connectivity index (χ4n) is 4.53. The molecular weight excluding hydrogens is 477 g/mol. The maximum absolute atomic E-state index is 12.8. The van der Waals surface area contributed by atoms with E-state index in [2.05, 4.69) is 20.3 Å². The average Bonchev–Trinajstić information content (AvgIpc) is 3.46. The van der Waals surface area contributed by atoms with Crippen LogP contribution in [-0.4, -0.2) is 46.0 Å². The van der Waals surface area contributed by atoms with Crippen LogP contribution in [0.25, 0.3) is 10.9 Å². The summed E-state index contributed by atoms with van der Waals surface area (Å²) in [5.74, 6) is 0.503. The number of aromatic amines is 2. The van der Waals surface area contributed by atoms with Crippen molar-refractivity contribution in [1.82, 2.24) is 20.3 Å². The van der Waals surface area contributed by atoms with Crippen LogP contribution in [0.3, 0.4) is 0 Å². The molecule has 186 valence electrons. The number of nitrogens with one attached hydrogen (secondary N) is 3. The van der Waals surface area contributed by atoms with Gasteiger partial charge in [0.25, 0.3) is 0 Å². The Kier molecular flexibility index (Phi) is 10.4. The minimum absolute atomic E-state index is 0. The molecule has 1 aliphatic carbocycles. The first-order valence-electron chi connectivity index (χ1n) is 11.3. The molecule has 5 N–H and O–H groups in total. The largest absolute Gasteiger partial charge is 0.467 e. The molecule has 0 radical (unpaired) electrons. The van der Waals surface area contributed by atoms with Gasteiger partial charge in [0.05, 0.1) is 13.2 Å². The molecule has 0 bridgehead atoms. The summed E-state index contributed by atoms with van der Waals surface area (Å²) in [6.07, 6.45) is 10.2. The smallest absolute Gasteiger partial charge is 0.328 e. The minimum Gasteiger partial charge on any atom is -0.467 e. The van der Waals surface area contributed by atoms with E-state index in [1.807, 2.05) is 30.5 Å². The Hall–Kier alpha value is -2.55. The zero-order chi connectivity index (χ0) is 22.5. The van der Waals surface area contributed by atoms with Crippen molar-refractivity contribution in [3.63, 3.8) is 0 Å². The van der Waals surface area contributed by atoms with Gasteiger partial charge in [-0.25, -0.2) is 9.78 Å². The maximum Gasteiger partial charge on any atom is 0.328 e. The summed E-state index contributed by atoms with van der Waals surface area (Å²) in [6.45, 7) is 0. The van der Waals surface area contributed by atoms with Gasteiger partial charge in [-0.15, -0.1) is 24.8 Å². The molecule has 2 atom stereocenters. The van der Waals surface area contributed by atoms with Crippen molar-refractivity contribution in [1.29, 1.82) is 0 Å². The van der Waals surface area contributed by atoms with Gasteiger partial charge in [0.15, 0.2) is 0 Å². The van der Waals surface area contributed by atoms with Crippen LogP contribution < -0.4 is 11.1 Å². The molecule has 4 rings (SSSR count). The first-order chi connectivity index (χ1) is 15.5. The number of carbonyl (C=O) groups is 2. The van der Waals surface area contributed by atoms with E-state index < -0.39 is 24.0 Å². The molecule has 2 heterocycles. The predicted molar refractivity (Wildman–Crippen MR) is 137 cm³/mol. The molecule has 0 aliphatic heterocycles. The number of hydrogen-bond acceptors (Lipinski definition) is 5. The first-order valence-corrected chi connectivity index (χ1v) is 11.3. The molecule has 0 unspecified atom stereocenters. The normalized spacial score (nSPS) is 15.6. The quantitative estimate of drug-likeness (QED) is 0.345. The van der Waals surface area contributed by atoms with Crippen molar-refractivity contribution < 1.29 is 14.3 Å². The molecule has 3 aromatic rings. The number of aromatic nitrogens is 3. The topological polar surface area (TPSA) is 126 Å². The highest BCUT2D eigenvalue weighted by Gasteiger charge is 2.27. The van der Waals surface area contributed by atoms with Crippen molar-refractivity contribution in [2.75, 3.05) is 7.11 Å². The Balaban J connectivity index is 0.00000204. The van der Waals surface area contributed by atoms with Crippen molar-refractivity contribution in [2.24, 2.45) is 5.73 Å². The van der Waals surface area contributed by atoms with Crippen LogP contribution in [0.4, 0.5) is 0 Å². The number of rotatable bonds is 8. The van der Waals surface area contributed by atoms with Gasteiger partial charge in [-0.3, -0.25) is 4.79 Å². The standard InChI is InChI=1S/C24H31N5O3.2ClH/c1-32-24(31)21(12-17-14-27-22(28-17)15-7-3-2-4-8-15)29-23(30)19(25)11-16-13-26-20-10-6-5-9-18(16)20;;/h5-6,9-10,13-15,19,21,26H,2-4,7-8,11-12,25H2,1H3,(H,27,28)(H,29,30);2*1H/t19-,21-;;/m0../s1. The molecule has 8 nitrogen and oxygen atoms in total. The lowest BCUT2D eigenvalue weighted by molar-refractivity contribution is -0.145. The number of para-hydroxylation sites is 1. The zero-order valence-electron chi connectivity index (χ0n) is 19.2. The average molecular weight is 510 g/mol. The number of fused-ring (bicyclic) bond motifs is 1. The highest BCUT2D eigenvalue weighted by Crippen LogP contribution is 2.30. The third-order valence-electron chi connectivity index (χ3n) is 6.32. The molecule has 1 amide bonds. The second kappa shape index (κ2) is 12.8. The molecule has 0 spiro atoms. The SMILES string of the molecule is COC(=O)[C@H](Cc1cnc(C2CCCCC2)[nH]1)NC(=O)[C@@H](N)Cc1c[nH]c2ccccc12.Cl.Cl. The van der Waals surface area contributed by atoms with Crippen molar-refractivity contribution >= 4 is 47.6 Å². The van der Waals surface area contributed by atoms with Gasteiger partial charge in [-0.2, -0.15) is 0 Å². The number of ether oxygens (including phenoxy) is 1. The van der Waals surface area contributed by atoms with Gasteiger partial charge in [-0.1, -0.05) is 37.5 Å². The number of imidazole rings is 1. The molecule has 1 saturated carbocycles. The fourth-order valence-corrected chi connectivity index (χ4v) is 4.53. The number of nitrogens with two attached hydrogens (primary N) is 1. The molecular formula is C24H33Cl2N5O3. The van der Waals surface area contributed by atoms with E-state index in [0.29, 0.717) is 12.3 Å². The van der Waals surface area contributed by atoms with E-state index in [4.69, 9.17) is 10.5 Å². The number of esters is 1. The summed E-state index contributed by atoms with van der Waals surface area (Å²) in [5.41, 5.74) is 8.94. The summed E-state index contributed by atoms with van der Waals surface area (Å²) in [5, 5.41) is 3.80. The van der Waals surface area contributed by atoms with E-state index in [1.165, 1.54) is 26.4 Å². The lowest BCUT2D eigenvalue weighted by Crippen LogP contribution is -2.50. The number of amides is 1. The van der Waals surface area contributed by atoms with E-state index in [1.54, 1.807) is 6.20 Å². The summed E-state index contributed by atoms with van der Waals surface area (Å²) >= 11 is 0. The van der Waals surface area contributed by atoms with Crippen LogP contribution in [0.15, 0.2) is 36.7 Å². The first kappa shape index (κ1) is 27.7. The van der Waals surface area contributed by atoms with Gasteiger partial charge < -0.3 is 25.8 Å². The van der Waals surface area contributed by atoms with E-state index in [9.17, 15) is 9.59 Å². The highest BCUT2D eigenvalue weighted by atomic mass is 35.5. The molecule has 34 heavy (non-hydrogen) atoms. The van der Waals surface area contributed by atoms with Gasteiger partial charge in [0.2, 0.25) is 5.91 Å². The van der Waals surface area contributed by atoms with Crippen LogP contribution in [0, 0.1) is 0 Å². The third-order valence-corrected chi connectivity index (χ3v) is 6.32. The second-order valence-electron chi connectivity index (χ2n) is 8.59. The Bertz CT molecular complexity index is 1080. The zero-order valence-corrected chi connectivity index (χ0v) is 20.8. The number of nitrogens with zero attached hydrogens (tertiary/aromatic N) is 1. The Labute approximate surface area is 211 Å². The van der Waals surface area contributed by atoms with Crippen molar-refractivity contribution in [3.8, 4) is 0 Å². The summed E-state index contributed by atoms with van der Waals surface area (Å²) in [4.78, 5) is 36.2. The molecule has 2 aromatic heterocycles. The molecule has 10 heteroatoms. The van der Waals surface area contributed by atoms with Crippen LogP contribution in [0.5, 0.6) is 0 Å². The monoisotopic (exact) mass is 509 g/mol. The highest BCUT2D eigenvalue weighted by molar-refractivity contribution is 5.89. The summed E-state index contributed by atoms with van der Waals surface area (Å²) in [6, 6.07) is 6.24. The second-order valence-corrected chi connectivity index (χ2v) is 8.59. The Morgan fingerprint density at radius 3 is 2.65 bits per heavy atom. The van der Waals surface area contributed by atoms with Gasteiger partial charge in [0, 0.05) is 41.3 Å². The Morgan fingerprint density at radius 1 is 1.18 bits per heavy atom. The number of methoxy groups -OCH3 is 1. The van der Waals surface area contributed by atoms with E-state index in [-0.39, 0.29) is 31.2 Å². The molecule has 1 aliphatic rings. The predicted octanol–water partition coefficient (Wildman–Crippen LogP) is 3.55. The van der Waals surface area contributed by atoms with E-state index in [0.717, 1.165) is 40.8 Å². The van der Waals surface area contributed by atoms with Gasteiger partial charge >= 0.3 is 5.97 Å². The van der Waals surface area contributed by atoms with Crippen LogP contribution >= 0.6 is 24.8 Å². The number of H-pyrrole nitrogens is 2. The van der Waals surface area contributed by atoms with Gasteiger partial charge in [-0.05, 0) is 30.9 Å². The van der Waals surface area contributed by atoms with Crippen molar-refractivity contribution in [2.45, 2.75) is 62.9 Å². The van der Waals surface area contributed by atoms with Gasteiger partial charge in [0.1, 0.15) is 11.9 Å². The van der Waals surface area contributed by atoms with Crippen LogP contribution in [0.2, 0.25) is 0 Å². The lowest BCUT2D eigenvalue weighted by atomic mass is 9.89. The van der Waals surface area contributed by atoms with Crippen LogP contribution in [-0.2, 0) is 27.2 Å². The fraction of sp³-hybridized carbons (Fsp3) is 0.458. The maximum atomic E-state index is 12.8. The van der Waals surface area contributed by atoms with Crippen LogP contribution in [0.1, 0.15) is 55.1 Å².